The van der Waals surface area contributed by atoms with Gasteiger partial charge in [-0.15, -0.1) is 0 Å². The first-order valence-corrected chi connectivity index (χ1v) is 6.99. The molecule has 1 aliphatic rings. The van der Waals surface area contributed by atoms with E-state index in [2.05, 4.69) is 14.9 Å². The Morgan fingerprint density at radius 1 is 1.10 bits per heavy atom. The number of benzene rings is 1. The molecule has 1 N–H and O–H groups in total. The van der Waals surface area contributed by atoms with Crippen LogP contribution < -0.4 is 4.90 Å². The van der Waals surface area contributed by atoms with Crippen molar-refractivity contribution in [2.24, 2.45) is 0 Å². The largest absolute Gasteiger partial charge is 0.478 e. The monoisotopic (exact) mass is 271 g/mol. The molecule has 1 aromatic carbocycles. The van der Waals surface area contributed by atoms with Gasteiger partial charge in [-0.1, -0.05) is 12.8 Å². The van der Waals surface area contributed by atoms with Crippen molar-refractivity contribution in [1.29, 1.82) is 0 Å². The molecule has 5 heteroatoms. The molecular weight excluding hydrogens is 254 g/mol. The molecule has 0 radical (unpaired) electrons. The highest BCUT2D eigenvalue weighted by Gasteiger charge is 2.15. The topological polar surface area (TPSA) is 66.3 Å². The summed E-state index contributed by atoms with van der Waals surface area (Å²) in [5.74, 6) is -0.00401. The Hall–Kier alpha value is -2.17. The maximum absolute atomic E-state index is 11.0. The third-order valence-corrected chi connectivity index (χ3v) is 3.77. The van der Waals surface area contributed by atoms with Crippen molar-refractivity contribution in [1.82, 2.24) is 9.97 Å². The van der Waals surface area contributed by atoms with E-state index in [1.807, 2.05) is 6.07 Å². The van der Waals surface area contributed by atoms with Crippen LogP contribution in [0.15, 0.2) is 24.5 Å². The van der Waals surface area contributed by atoms with Crippen LogP contribution in [-0.2, 0) is 0 Å². The van der Waals surface area contributed by atoms with E-state index >= 15 is 0 Å². The predicted molar refractivity (Wildman–Crippen MR) is 77.2 cm³/mol. The highest BCUT2D eigenvalue weighted by atomic mass is 16.4. The molecule has 0 bridgehead atoms. The standard InChI is InChI=1S/C15H17N3O2/c19-15(20)11-5-6-12-13(9-11)16-10-17-14(12)18-7-3-1-2-4-8-18/h5-6,9-10H,1-4,7-8H2,(H,19,20). The molecule has 2 heterocycles. The van der Waals surface area contributed by atoms with Crippen LogP contribution in [0.4, 0.5) is 5.82 Å². The van der Waals surface area contributed by atoms with Crippen LogP contribution in [0.2, 0.25) is 0 Å². The van der Waals surface area contributed by atoms with Gasteiger partial charge in [-0.25, -0.2) is 14.8 Å². The zero-order valence-electron chi connectivity index (χ0n) is 11.2. The molecule has 20 heavy (non-hydrogen) atoms. The normalized spacial score (nSPS) is 16.1. The second kappa shape index (κ2) is 5.45. The number of carboxylic acids is 1. The average Bonchev–Trinajstić information content (AvgIpc) is 2.75. The Labute approximate surface area is 117 Å². The summed E-state index contributed by atoms with van der Waals surface area (Å²) in [5.41, 5.74) is 0.956. The molecule has 1 aliphatic heterocycles. The maximum atomic E-state index is 11.0. The van der Waals surface area contributed by atoms with Gasteiger partial charge in [0.25, 0.3) is 0 Å². The summed E-state index contributed by atoms with van der Waals surface area (Å²) in [6, 6.07) is 5.05. The van der Waals surface area contributed by atoms with Gasteiger partial charge < -0.3 is 10.0 Å². The molecule has 0 unspecified atom stereocenters. The minimum Gasteiger partial charge on any atom is -0.478 e. The van der Waals surface area contributed by atoms with Crippen molar-refractivity contribution in [3.8, 4) is 0 Å². The highest BCUT2D eigenvalue weighted by Crippen LogP contribution is 2.25. The second-order valence-corrected chi connectivity index (χ2v) is 5.14. The van der Waals surface area contributed by atoms with Gasteiger partial charge in [0.05, 0.1) is 11.1 Å². The van der Waals surface area contributed by atoms with Crippen molar-refractivity contribution in [2.75, 3.05) is 18.0 Å². The Balaban J connectivity index is 2.04. The Bertz CT molecular complexity index is 634. The van der Waals surface area contributed by atoms with Gasteiger partial charge in [0, 0.05) is 18.5 Å². The van der Waals surface area contributed by atoms with E-state index in [0.29, 0.717) is 5.52 Å². The van der Waals surface area contributed by atoms with E-state index in [9.17, 15) is 4.79 Å². The number of aromatic nitrogens is 2. The van der Waals surface area contributed by atoms with Crippen LogP contribution in [0.1, 0.15) is 36.0 Å². The van der Waals surface area contributed by atoms with E-state index in [-0.39, 0.29) is 5.56 Å². The van der Waals surface area contributed by atoms with E-state index in [4.69, 9.17) is 5.11 Å². The van der Waals surface area contributed by atoms with Gasteiger partial charge in [0.1, 0.15) is 12.1 Å². The molecule has 1 fully saturated rings. The van der Waals surface area contributed by atoms with Gasteiger partial charge in [0.15, 0.2) is 0 Å². The van der Waals surface area contributed by atoms with E-state index in [1.165, 1.54) is 32.0 Å². The third-order valence-electron chi connectivity index (χ3n) is 3.77. The number of aromatic carboxylic acids is 1. The second-order valence-electron chi connectivity index (χ2n) is 5.14. The summed E-state index contributed by atoms with van der Waals surface area (Å²) < 4.78 is 0. The molecule has 0 saturated carbocycles. The molecule has 0 atom stereocenters. The van der Waals surface area contributed by atoms with E-state index in [1.54, 1.807) is 12.1 Å². The lowest BCUT2D eigenvalue weighted by atomic mass is 10.1. The molecule has 0 spiro atoms. The van der Waals surface area contributed by atoms with Crippen LogP contribution in [0.3, 0.4) is 0 Å². The molecule has 1 aromatic heterocycles. The molecule has 0 amide bonds. The number of carboxylic acid groups (broad SMARTS) is 1. The zero-order chi connectivity index (χ0) is 13.9. The fourth-order valence-electron chi connectivity index (χ4n) is 2.71. The molecule has 2 aromatic rings. The lowest BCUT2D eigenvalue weighted by molar-refractivity contribution is 0.0697. The number of hydrogen-bond donors (Lipinski definition) is 1. The van der Waals surface area contributed by atoms with Gasteiger partial charge in [-0.3, -0.25) is 0 Å². The van der Waals surface area contributed by atoms with Crippen molar-refractivity contribution < 1.29 is 9.90 Å². The van der Waals surface area contributed by atoms with Crippen molar-refractivity contribution in [3.63, 3.8) is 0 Å². The van der Waals surface area contributed by atoms with Crippen LogP contribution in [-0.4, -0.2) is 34.1 Å². The van der Waals surface area contributed by atoms with Crippen molar-refractivity contribution in [2.45, 2.75) is 25.7 Å². The SMILES string of the molecule is O=C(O)c1ccc2c(N3CCCCCC3)ncnc2c1. The summed E-state index contributed by atoms with van der Waals surface area (Å²) in [4.78, 5) is 21.9. The van der Waals surface area contributed by atoms with Gasteiger partial charge >= 0.3 is 5.97 Å². The van der Waals surface area contributed by atoms with E-state index in [0.717, 1.165) is 24.3 Å². The van der Waals surface area contributed by atoms with Crippen LogP contribution in [0, 0.1) is 0 Å². The summed E-state index contributed by atoms with van der Waals surface area (Å²) >= 11 is 0. The highest BCUT2D eigenvalue weighted by molar-refractivity contribution is 5.96. The summed E-state index contributed by atoms with van der Waals surface area (Å²) in [5, 5.41) is 9.98. The van der Waals surface area contributed by atoms with Crippen LogP contribution >= 0.6 is 0 Å². The van der Waals surface area contributed by atoms with Gasteiger partial charge in [-0.05, 0) is 31.0 Å². The fraction of sp³-hybridized carbons (Fsp3) is 0.400. The number of nitrogens with zero attached hydrogens (tertiary/aromatic N) is 3. The van der Waals surface area contributed by atoms with E-state index < -0.39 is 5.97 Å². The first-order valence-electron chi connectivity index (χ1n) is 6.99. The number of hydrogen-bond acceptors (Lipinski definition) is 4. The smallest absolute Gasteiger partial charge is 0.335 e. The van der Waals surface area contributed by atoms with Crippen LogP contribution in [0.25, 0.3) is 10.9 Å². The molecule has 0 aliphatic carbocycles. The van der Waals surface area contributed by atoms with Crippen molar-refractivity contribution in [3.05, 3.63) is 30.1 Å². The number of rotatable bonds is 2. The molecule has 1 saturated heterocycles. The number of fused-ring (bicyclic) bond motifs is 1. The lowest BCUT2D eigenvalue weighted by Crippen LogP contribution is -2.25. The molecule has 3 rings (SSSR count). The van der Waals surface area contributed by atoms with Gasteiger partial charge in [-0.2, -0.15) is 0 Å². The summed E-state index contributed by atoms with van der Waals surface area (Å²) in [7, 11) is 0. The first-order chi connectivity index (χ1) is 9.75. The fourth-order valence-corrected chi connectivity index (χ4v) is 2.71. The summed E-state index contributed by atoms with van der Waals surface area (Å²) in [6.07, 6.45) is 6.41. The molecule has 5 nitrogen and oxygen atoms in total. The Kier molecular flexibility index (Phi) is 3.50. The minimum atomic E-state index is -0.929. The lowest BCUT2D eigenvalue weighted by Gasteiger charge is -2.22. The minimum absolute atomic E-state index is 0.262. The quantitative estimate of drug-likeness (QED) is 0.909. The number of carbonyl (C=O) groups is 1. The first kappa shape index (κ1) is 12.8. The maximum Gasteiger partial charge on any atom is 0.335 e. The van der Waals surface area contributed by atoms with Crippen LogP contribution in [0.5, 0.6) is 0 Å². The molecule has 104 valence electrons. The Morgan fingerprint density at radius 3 is 2.55 bits per heavy atom. The Morgan fingerprint density at radius 2 is 1.85 bits per heavy atom. The zero-order valence-corrected chi connectivity index (χ0v) is 11.2. The summed E-state index contributed by atoms with van der Waals surface area (Å²) in [6.45, 7) is 2.01. The molecular formula is C15H17N3O2. The third kappa shape index (κ3) is 2.43. The average molecular weight is 271 g/mol. The number of anilines is 1. The van der Waals surface area contributed by atoms with Gasteiger partial charge in [0.2, 0.25) is 0 Å². The predicted octanol–water partition coefficient (Wildman–Crippen LogP) is 2.71. The van der Waals surface area contributed by atoms with Crippen molar-refractivity contribution >= 4 is 22.7 Å².